The number of hydrogen-bond donors (Lipinski definition) is 1. The number of nitrogens with zero attached hydrogens (tertiary/aromatic N) is 1. The maximum atomic E-state index is 13.2. The van der Waals surface area contributed by atoms with Crippen LogP contribution in [0.25, 0.3) is 0 Å². The van der Waals surface area contributed by atoms with E-state index >= 15 is 0 Å². The Labute approximate surface area is 96.2 Å². The first-order valence-electron chi connectivity index (χ1n) is 5.84. The van der Waals surface area contributed by atoms with Crippen molar-refractivity contribution in [2.24, 2.45) is 5.73 Å². The highest BCUT2D eigenvalue weighted by Gasteiger charge is 2.25. The van der Waals surface area contributed by atoms with Crippen molar-refractivity contribution in [2.45, 2.75) is 32.4 Å². The number of benzene rings is 1. The van der Waals surface area contributed by atoms with Crippen LogP contribution in [0.3, 0.4) is 0 Å². The van der Waals surface area contributed by atoms with E-state index in [1.165, 1.54) is 11.6 Å². The third-order valence-corrected chi connectivity index (χ3v) is 3.39. The van der Waals surface area contributed by atoms with E-state index in [2.05, 4.69) is 18.7 Å². The minimum Gasteiger partial charge on any atom is -0.330 e. The van der Waals surface area contributed by atoms with Crippen molar-refractivity contribution < 1.29 is 4.39 Å². The van der Waals surface area contributed by atoms with Gasteiger partial charge in [0.1, 0.15) is 5.82 Å². The van der Waals surface area contributed by atoms with E-state index in [-0.39, 0.29) is 5.82 Å². The van der Waals surface area contributed by atoms with Gasteiger partial charge in [0.25, 0.3) is 0 Å². The Morgan fingerprint density at radius 3 is 2.88 bits per heavy atom. The molecule has 0 fully saturated rings. The predicted octanol–water partition coefficient (Wildman–Crippen LogP) is 2.09. The second-order valence-electron chi connectivity index (χ2n) is 4.80. The predicted molar refractivity (Wildman–Crippen MR) is 63.7 cm³/mol. The lowest BCUT2D eigenvalue weighted by Gasteiger charge is -2.36. The molecule has 2 nitrogen and oxygen atoms in total. The second kappa shape index (κ2) is 4.52. The van der Waals surface area contributed by atoms with Gasteiger partial charge in [-0.25, -0.2) is 4.39 Å². The summed E-state index contributed by atoms with van der Waals surface area (Å²) in [4.78, 5) is 2.35. The molecular weight excluding hydrogens is 203 g/mol. The van der Waals surface area contributed by atoms with Crippen LogP contribution in [-0.4, -0.2) is 24.0 Å². The van der Waals surface area contributed by atoms with Gasteiger partial charge in [0, 0.05) is 31.6 Å². The fourth-order valence-electron chi connectivity index (χ4n) is 2.37. The lowest BCUT2D eigenvalue weighted by molar-refractivity contribution is 0.185. The number of nitrogens with two attached hydrogens (primary N) is 1. The van der Waals surface area contributed by atoms with Crippen molar-refractivity contribution in [2.75, 3.05) is 13.1 Å². The molecule has 2 N–H and O–H groups in total. The molecule has 1 atom stereocenters. The van der Waals surface area contributed by atoms with Gasteiger partial charge in [-0.2, -0.15) is 0 Å². The second-order valence-corrected chi connectivity index (χ2v) is 4.80. The van der Waals surface area contributed by atoms with E-state index in [0.717, 1.165) is 18.7 Å². The van der Waals surface area contributed by atoms with E-state index in [4.69, 9.17) is 5.73 Å². The zero-order chi connectivity index (χ0) is 11.7. The molecule has 0 spiro atoms. The van der Waals surface area contributed by atoms with Gasteiger partial charge in [-0.15, -0.1) is 0 Å². The standard InChI is InChI=1S/C13H19FN2/c1-9(2)16-7-10-5-12(14)3-4-13(10)11(6-15)8-16/h3-5,9,11H,6-8,15H2,1-2H3. The number of hydrogen-bond acceptors (Lipinski definition) is 2. The molecule has 1 aromatic carbocycles. The lowest BCUT2D eigenvalue weighted by Crippen LogP contribution is -2.40. The van der Waals surface area contributed by atoms with Gasteiger partial charge in [0.05, 0.1) is 0 Å². The third kappa shape index (κ3) is 2.11. The molecule has 1 aromatic rings. The Morgan fingerprint density at radius 2 is 2.25 bits per heavy atom. The first kappa shape index (κ1) is 11.6. The topological polar surface area (TPSA) is 29.3 Å². The van der Waals surface area contributed by atoms with Crippen LogP contribution >= 0.6 is 0 Å². The van der Waals surface area contributed by atoms with E-state index in [0.29, 0.717) is 18.5 Å². The molecule has 1 unspecified atom stereocenters. The Kier molecular flexibility index (Phi) is 3.26. The highest BCUT2D eigenvalue weighted by molar-refractivity contribution is 5.33. The van der Waals surface area contributed by atoms with Gasteiger partial charge in [-0.1, -0.05) is 6.07 Å². The minimum atomic E-state index is -0.153. The van der Waals surface area contributed by atoms with Crippen LogP contribution < -0.4 is 5.73 Å². The highest BCUT2D eigenvalue weighted by atomic mass is 19.1. The molecule has 1 aliphatic heterocycles. The molecule has 3 heteroatoms. The van der Waals surface area contributed by atoms with Crippen LogP contribution in [0, 0.1) is 5.82 Å². The van der Waals surface area contributed by atoms with Crippen molar-refractivity contribution in [1.29, 1.82) is 0 Å². The minimum absolute atomic E-state index is 0.153. The molecule has 88 valence electrons. The summed E-state index contributed by atoms with van der Waals surface area (Å²) in [5.41, 5.74) is 8.11. The maximum absolute atomic E-state index is 13.2. The lowest BCUT2D eigenvalue weighted by atomic mass is 9.89. The van der Waals surface area contributed by atoms with Crippen LogP contribution in [-0.2, 0) is 6.54 Å². The molecule has 0 aliphatic carbocycles. The smallest absolute Gasteiger partial charge is 0.123 e. The fraction of sp³-hybridized carbons (Fsp3) is 0.538. The van der Waals surface area contributed by atoms with Gasteiger partial charge in [0.15, 0.2) is 0 Å². The van der Waals surface area contributed by atoms with Crippen molar-refractivity contribution in [3.63, 3.8) is 0 Å². The zero-order valence-corrected chi connectivity index (χ0v) is 9.91. The SMILES string of the molecule is CC(C)N1Cc2cc(F)ccc2C(CN)C1. The molecule has 0 saturated carbocycles. The van der Waals surface area contributed by atoms with Gasteiger partial charge >= 0.3 is 0 Å². The van der Waals surface area contributed by atoms with E-state index < -0.39 is 0 Å². The maximum Gasteiger partial charge on any atom is 0.123 e. The molecule has 16 heavy (non-hydrogen) atoms. The number of rotatable bonds is 2. The Bertz CT molecular complexity index is 376. The summed E-state index contributed by atoms with van der Waals surface area (Å²) in [6, 6.07) is 5.55. The Hall–Kier alpha value is -0.930. The third-order valence-electron chi connectivity index (χ3n) is 3.39. The highest BCUT2D eigenvalue weighted by Crippen LogP contribution is 2.29. The number of fused-ring (bicyclic) bond motifs is 1. The van der Waals surface area contributed by atoms with Crippen LogP contribution in [0.5, 0.6) is 0 Å². The average Bonchev–Trinajstić information content (AvgIpc) is 2.26. The Balaban J connectivity index is 2.34. The number of halogens is 1. The summed E-state index contributed by atoms with van der Waals surface area (Å²) in [5.74, 6) is 0.187. The van der Waals surface area contributed by atoms with Crippen LogP contribution in [0.1, 0.15) is 30.9 Å². The molecule has 1 heterocycles. The molecule has 0 bridgehead atoms. The van der Waals surface area contributed by atoms with Crippen molar-refractivity contribution in [3.8, 4) is 0 Å². The summed E-state index contributed by atoms with van der Waals surface area (Å²) < 4.78 is 13.2. The fourth-order valence-corrected chi connectivity index (χ4v) is 2.37. The van der Waals surface area contributed by atoms with Crippen molar-refractivity contribution in [1.82, 2.24) is 4.90 Å². The molecular formula is C13H19FN2. The van der Waals surface area contributed by atoms with Gasteiger partial charge < -0.3 is 5.73 Å². The monoisotopic (exact) mass is 222 g/mol. The normalized spacial score (nSPS) is 21.2. The largest absolute Gasteiger partial charge is 0.330 e. The van der Waals surface area contributed by atoms with E-state index in [1.54, 1.807) is 6.07 Å². The zero-order valence-electron chi connectivity index (χ0n) is 9.91. The molecule has 0 amide bonds. The first-order chi connectivity index (χ1) is 7.61. The quantitative estimate of drug-likeness (QED) is 0.830. The van der Waals surface area contributed by atoms with Crippen LogP contribution in [0.4, 0.5) is 4.39 Å². The summed E-state index contributed by atoms with van der Waals surface area (Å²) in [5, 5.41) is 0. The van der Waals surface area contributed by atoms with Crippen LogP contribution in [0.2, 0.25) is 0 Å². The van der Waals surface area contributed by atoms with Crippen molar-refractivity contribution in [3.05, 3.63) is 35.1 Å². The summed E-state index contributed by atoms with van der Waals surface area (Å²) in [6.07, 6.45) is 0. The Morgan fingerprint density at radius 1 is 1.50 bits per heavy atom. The molecule has 1 aliphatic rings. The van der Waals surface area contributed by atoms with Crippen molar-refractivity contribution >= 4 is 0 Å². The molecule has 0 saturated heterocycles. The first-order valence-corrected chi connectivity index (χ1v) is 5.84. The van der Waals surface area contributed by atoms with Crippen LogP contribution in [0.15, 0.2) is 18.2 Å². The summed E-state index contributed by atoms with van der Waals surface area (Å²) >= 11 is 0. The average molecular weight is 222 g/mol. The van der Waals surface area contributed by atoms with Gasteiger partial charge in [-0.3, -0.25) is 4.90 Å². The summed E-state index contributed by atoms with van der Waals surface area (Å²) in [7, 11) is 0. The van der Waals surface area contributed by atoms with E-state index in [9.17, 15) is 4.39 Å². The van der Waals surface area contributed by atoms with E-state index in [1.807, 2.05) is 6.07 Å². The molecule has 0 radical (unpaired) electrons. The summed E-state index contributed by atoms with van der Waals surface area (Å²) in [6.45, 7) is 6.77. The van der Waals surface area contributed by atoms with Gasteiger partial charge in [-0.05, 0) is 37.1 Å². The molecule has 0 aromatic heterocycles. The van der Waals surface area contributed by atoms with Gasteiger partial charge in [0.2, 0.25) is 0 Å². The molecule has 2 rings (SSSR count).